The number of nitrogens with two attached hydrogens (primary N) is 1. The van der Waals surface area contributed by atoms with Crippen molar-refractivity contribution in [3.8, 4) is 0 Å². The third-order valence-electron chi connectivity index (χ3n) is 4.82. The fraction of sp³-hybridized carbons (Fsp3) is 0.933. The Morgan fingerprint density at radius 2 is 1.89 bits per heavy atom. The third-order valence-corrected chi connectivity index (χ3v) is 4.82. The molecule has 0 aromatic rings. The summed E-state index contributed by atoms with van der Waals surface area (Å²) in [5, 5.41) is 0. The lowest BCUT2D eigenvalue weighted by Crippen LogP contribution is -2.48. The first-order valence-corrected chi connectivity index (χ1v) is 7.88. The van der Waals surface area contributed by atoms with E-state index in [2.05, 4.69) is 23.6 Å². The van der Waals surface area contributed by atoms with E-state index in [9.17, 15) is 4.79 Å². The average Bonchev–Trinajstić information content (AvgIpc) is 2.64. The van der Waals surface area contributed by atoms with Crippen molar-refractivity contribution in [2.45, 2.75) is 58.0 Å². The van der Waals surface area contributed by atoms with E-state index in [-0.39, 0.29) is 6.04 Å². The Morgan fingerprint density at radius 3 is 2.42 bits per heavy atom. The van der Waals surface area contributed by atoms with Crippen LogP contribution in [0.2, 0.25) is 0 Å². The summed E-state index contributed by atoms with van der Waals surface area (Å²) in [6.45, 7) is 7.92. The van der Waals surface area contributed by atoms with Crippen molar-refractivity contribution >= 4 is 5.91 Å². The summed E-state index contributed by atoms with van der Waals surface area (Å²) < 4.78 is 0. The highest BCUT2D eigenvalue weighted by atomic mass is 16.2. The number of amides is 1. The number of likely N-dealkylation sites (tertiary alicyclic amines) is 2. The molecule has 19 heavy (non-hydrogen) atoms. The molecule has 110 valence electrons. The van der Waals surface area contributed by atoms with E-state index in [0.29, 0.717) is 17.9 Å². The average molecular weight is 267 g/mol. The van der Waals surface area contributed by atoms with Crippen molar-refractivity contribution in [2.24, 2.45) is 11.7 Å². The zero-order chi connectivity index (χ0) is 13.8. The Morgan fingerprint density at radius 1 is 1.26 bits per heavy atom. The predicted molar refractivity (Wildman–Crippen MR) is 77.8 cm³/mol. The maximum absolute atomic E-state index is 12.6. The fourth-order valence-corrected chi connectivity index (χ4v) is 3.58. The lowest BCUT2D eigenvalue weighted by atomic mass is 10.1. The second-order valence-corrected chi connectivity index (χ2v) is 6.30. The zero-order valence-corrected chi connectivity index (χ0v) is 12.5. The molecule has 4 nitrogen and oxygen atoms in total. The van der Waals surface area contributed by atoms with Crippen LogP contribution in [-0.2, 0) is 4.79 Å². The number of carbonyl (C=O) groups is 1. The molecule has 2 saturated heterocycles. The van der Waals surface area contributed by atoms with E-state index in [0.717, 1.165) is 32.6 Å². The minimum atomic E-state index is 0.0182. The van der Waals surface area contributed by atoms with Gasteiger partial charge in [0, 0.05) is 25.7 Å². The Bertz CT molecular complexity index is 300. The summed E-state index contributed by atoms with van der Waals surface area (Å²) >= 11 is 0. The Balaban J connectivity index is 1.94. The third kappa shape index (κ3) is 3.48. The largest absolute Gasteiger partial charge is 0.341 e. The molecule has 0 bridgehead atoms. The molecular formula is C15H29N3O. The second kappa shape index (κ2) is 6.71. The van der Waals surface area contributed by atoms with Gasteiger partial charge in [0.05, 0.1) is 6.04 Å². The molecule has 0 aromatic carbocycles. The molecule has 2 fully saturated rings. The predicted octanol–water partition coefficient (Wildman–Crippen LogP) is 1.45. The van der Waals surface area contributed by atoms with Gasteiger partial charge in [0.2, 0.25) is 5.91 Å². The lowest BCUT2D eigenvalue weighted by Gasteiger charge is -2.32. The van der Waals surface area contributed by atoms with Crippen LogP contribution in [-0.4, -0.2) is 54.0 Å². The van der Waals surface area contributed by atoms with Crippen LogP contribution in [0.3, 0.4) is 0 Å². The number of carbonyl (C=O) groups excluding carboxylic acids is 1. The molecular weight excluding hydrogens is 238 g/mol. The van der Waals surface area contributed by atoms with E-state index < -0.39 is 0 Å². The van der Waals surface area contributed by atoms with Gasteiger partial charge in [-0.2, -0.15) is 0 Å². The molecule has 0 aromatic heterocycles. The number of hydrogen-bond donors (Lipinski definition) is 1. The summed E-state index contributed by atoms with van der Waals surface area (Å²) in [6.07, 6.45) is 6.01. The monoisotopic (exact) mass is 267 g/mol. The van der Waals surface area contributed by atoms with Gasteiger partial charge in [-0.05, 0) is 45.6 Å². The van der Waals surface area contributed by atoms with Crippen LogP contribution in [0.25, 0.3) is 0 Å². The van der Waals surface area contributed by atoms with Gasteiger partial charge < -0.3 is 10.6 Å². The maximum atomic E-state index is 12.6. The minimum absolute atomic E-state index is 0.0182. The Hall–Kier alpha value is -0.610. The molecule has 0 saturated carbocycles. The molecule has 3 unspecified atom stereocenters. The Kier molecular flexibility index (Phi) is 5.22. The summed E-state index contributed by atoms with van der Waals surface area (Å²) in [4.78, 5) is 17.1. The number of hydrogen-bond acceptors (Lipinski definition) is 3. The quantitative estimate of drug-likeness (QED) is 0.842. The van der Waals surface area contributed by atoms with Gasteiger partial charge >= 0.3 is 0 Å². The first kappa shape index (κ1) is 14.8. The molecule has 0 radical (unpaired) electrons. The lowest BCUT2D eigenvalue weighted by molar-refractivity contribution is -0.136. The highest BCUT2D eigenvalue weighted by Crippen LogP contribution is 2.25. The van der Waals surface area contributed by atoms with E-state index in [4.69, 9.17) is 5.73 Å². The van der Waals surface area contributed by atoms with Crippen LogP contribution < -0.4 is 5.73 Å². The molecule has 0 aliphatic carbocycles. The summed E-state index contributed by atoms with van der Waals surface area (Å²) in [6, 6.07) is 0.504. The molecule has 1 amide bonds. The van der Waals surface area contributed by atoms with Crippen molar-refractivity contribution in [3.05, 3.63) is 0 Å². The van der Waals surface area contributed by atoms with Crippen LogP contribution in [0.1, 0.15) is 46.0 Å². The molecule has 2 N–H and O–H groups in total. The van der Waals surface area contributed by atoms with Gasteiger partial charge in [0.15, 0.2) is 0 Å². The van der Waals surface area contributed by atoms with Crippen molar-refractivity contribution in [1.29, 1.82) is 0 Å². The smallest absolute Gasteiger partial charge is 0.239 e. The summed E-state index contributed by atoms with van der Waals surface area (Å²) in [5.41, 5.74) is 5.78. The number of rotatable bonds is 3. The molecule has 2 aliphatic heterocycles. The standard InChI is InChI=1S/C15H29N3O/c1-12-9-14(10-16)11-18(12)13(2)15(19)17-7-5-3-4-6-8-17/h12-14H,3-11,16H2,1-2H3. The first-order chi connectivity index (χ1) is 9.13. The molecule has 2 heterocycles. The van der Waals surface area contributed by atoms with E-state index in [1.54, 1.807) is 0 Å². The van der Waals surface area contributed by atoms with Crippen LogP contribution in [0.15, 0.2) is 0 Å². The van der Waals surface area contributed by atoms with Gasteiger partial charge in [-0.1, -0.05) is 12.8 Å². The fourth-order valence-electron chi connectivity index (χ4n) is 3.58. The van der Waals surface area contributed by atoms with Crippen molar-refractivity contribution in [2.75, 3.05) is 26.2 Å². The maximum Gasteiger partial charge on any atom is 0.239 e. The van der Waals surface area contributed by atoms with Crippen LogP contribution in [0.4, 0.5) is 0 Å². The summed E-state index contributed by atoms with van der Waals surface area (Å²) in [5.74, 6) is 0.890. The highest BCUT2D eigenvalue weighted by molar-refractivity contribution is 5.81. The van der Waals surface area contributed by atoms with E-state index >= 15 is 0 Å². The zero-order valence-electron chi connectivity index (χ0n) is 12.5. The Labute approximate surface area is 117 Å². The molecule has 2 rings (SSSR count). The molecule has 4 heteroatoms. The minimum Gasteiger partial charge on any atom is -0.341 e. The van der Waals surface area contributed by atoms with Gasteiger partial charge in [-0.3, -0.25) is 9.69 Å². The SMILES string of the molecule is CC1CC(CN)CN1C(C)C(=O)N1CCCCCC1. The topological polar surface area (TPSA) is 49.6 Å². The van der Waals surface area contributed by atoms with Crippen molar-refractivity contribution in [1.82, 2.24) is 9.80 Å². The van der Waals surface area contributed by atoms with E-state index in [1.165, 1.54) is 25.7 Å². The van der Waals surface area contributed by atoms with Gasteiger partial charge in [0.25, 0.3) is 0 Å². The van der Waals surface area contributed by atoms with Gasteiger partial charge in [0.1, 0.15) is 0 Å². The molecule has 2 aliphatic rings. The van der Waals surface area contributed by atoms with Crippen molar-refractivity contribution in [3.63, 3.8) is 0 Å². The van der Waals surface area contributed by atoms with Crippen LogP contribution in [0, 0.1) is 5.92 Å². The van der Waals surface area contributed by atoms with Gasteiger partial charge in [-0.15, -0.1) is 0 Å². The number of nitrogens with zero attached hydrogens (tertiary/aromatic N) is 2. The molecule has 3 atom stereocenters. The highest BCUT2D eigenvalue weighted by Gasteiger charge is 2.35. The molecule has 0 spiro atoms. The summed E-state index contributed by atoms with van der Waals surface area (Å²) in [7, 11) is 0. The first-order valence-electron chi connectivity index (χ1n) is 7.88. The van der Waals surface area contributed by atoms with Crippen LogP contribution >= 0.6 is 0 Å². The second-order valence-electron chi connectivity index (χ2n) is 6.30. The van der Waals surface area contributed by atoms with E-state index in [1.807, 2.05) is 0 Å². The van der Waals surface area contributed by atoms with Crippen LogP contribution in [0.5, 0.6) is 0 Å². The normalized spacial score (nSPS) is 31.2. The van der Waals surface area contributed by atoms with Gasteiger partial charge in [-0.25, -0.2) is 0 Å². The van der Waals surface area contributed by atoms with Crippen molar-refractivity contribution < 1.29 is 4.79 Å².